The van der Waals surface area contributed by atoms with Crippen molar-refractivity contribution < 1.29 is 9.53 Å². The van der Waals surface area contributed by atoms with Gasteiger partial charge in [0.1, 0.15) is 0 Å². The fraction of sp³-hybridized carbons (Fsp3) is 0.562. The van der Waals surface area contributed by atoms with Crippen molar-refractivity contribution in [2.24, 2.45) is 0 Å². The Hall–Kier alpha value is -1.59. The number of hydrogen-bond acceptors (Lipinski definition) is 4. The molecule has 2 unspecified atom stereocenters. The molecule has 5 heteroatoms. The molecule has 2 aliphatic rings. The van der Waals surface area contributed by atoms with Crippen LogP contribution >= 0.6 is 0 Å². The van der Waals surface area contributed by atoms with Crippen LogP contribution in [-0.2, 0) is 9.53 Å². The van der Waals surface area contributed by atoms with Crippen LogP contribution in [0.15, 0.2) is 24.3 Å². The van der Waals surface area contributed by atoms with E-state index in [1.54, 1.807) is 7.11 Å². The van der Waals surface area contributed by atoms with Crippen molar-refractivity contribution in [3.8, 4) is 0 Å². The number of carbonyl (C=O) groups excluding carboxylic acids is 1. The van der Waals surface area contributed by atoms with Crippen LogP contribution in [-0.4, -0.2) is 44.8 Å². The minimum Gasteiger partial charge on any atom is -0.380 e. The molecule has 5 nitrogen and oxygen atoms in total. The number of benzene rings is 1. The van der Waals surface area contributed by atoms with E-state index in [0.717, 1.165) is 31.7 Å². The van der Waals surface area contributed by atoms with Gasteiger partial charge in [-0.3, -0.25) is 4.79 Å². The second kappa shape index (κ2) is 6.45. The third kappa shape index (κ3) is 3.36. The Balaban J connectivity index is 1.62. The molecule has 0 aromatic heterocycles. The van der Waals surface area contributed by atoms with Gasteiger partial charge in [0.2, 0.25) is 5.91 Å². The average Bonchev–Trinajstić information content (AvgIpc) is 3.19. The smallest absolute Gasteiger partial charge is 0.241 e. The van der Waals surface area contributed by atoms with E-state index in [0.29, 0.717) is 0 Å². The summed E-state index contributed by atoms with van der Waals surface area (Å²) in [5, 5.41) is 6.21. The first kappa shape index (κ1) is 14.4. The van der Waals surface area contributed by atoms with Crippen molar-refractivity contribution in [2.45, 2.75) is 31.4 Å². The number of methoxy groups -OCH3 is 1. The van der Waals surface area contributed by atoms with Crippen molar-refractivity contribution in [2.75, 3.05) is 37.0 Å². The van der Waals surface area contributed by atoms with Crippen LogP contribution in [0, 0.1) is 0 Å². The molecule has 114 valence electrons. The number of ether oxygens (including phenoxy) is 1. The van der Waals surface area contributed by atoms with Crippen molar-refractivity contribution in [3.63, 3.8) is 0 Å². The van der Waals surface area contributed by atoms with E-state index in [2.05, 4.69) is 27.7 Å². The molecule has 0 bridgehead atoms. The maximum atomic E-state index is 12.3. The number of carbonyl (C=O) groups is 1. The topological polar surface area (TPSA) is 53.6 Å². The van der Waals surface area contributed by atoms with Crippen molar-refractivity contribution in [1.82, 2.24) is 5.32 Å². The Morgan fingerprint density at radius 2 is 2.19 bits per heavy atom. The summed E-state index contributed by atoms with van der Waals surface area (Å²) in [6.07, 6.45) is 3.37. The van der Waals surface area contributed by atoms with Crippen molar-refractivity contribution in [3.05, 3.63) is 24.3 Å². The van der Waals surface area contributed by atoms with Crippen LogP contribution in [0.5, 0.6) is 0 Å². The largest absolute Gasteiger partial charge is 0.380 e. The number of rotatable bonds is 4. The van der Waals surface area contributed by atoms with Gasteiger partial charge in [-0.2, -0.15) is 0 Å². The van der Waals surface area contributed by atoms with Gasteiger partial charge in [0.15, 0.2) is 0 Å². The van der Waals surface area contributed by atoms with Crippen LogP contribution < -0.4 is 15.5 Å². The van der Waals surface area contributed by atoms with E-state index in [4.69, 9.17) is 4.74 Å². The molecule has 2 heterocycles. The summed E-state index contributed by atoms with van der Waals surface area (Å²) in [6.45, 7) is 2.95. The molecule has 1 amide bonds. The fourth-order valence-corrected chi connectivity index (χ4v) is 3.07. The van der Waals surface area contributed by atoms with Crippen LogP contribution in [0.1, 0.15) is 19.3 Å². The molecular weight excluding hydrogens is 266 g/mol. The lowest BCUT2D eigenvalue weighted by Crippen LogP contribution is -2.35. The van der Waals surface area contributed by atoms with Gasteiger partial charge in [0.05, 0.1) is 12.1 Å². The van der Waals surface area contributed by atoms with Gasteiger partial charge >= 0.3 is 0 Å². The highest BCUT2D eigenvalue weighted by Crippen LogP contribution is 2.23. The van der Waals surface area contributed by atoms with Gasteiger partial charge in [-0.1, -0.05) is 6.07 Å². The lowest BCUT2D eigenvalue weighted by molar-refractivity contribution is -0.118. The molecule has 21 heavy (non-hydrogen) atoms. The lowest BCUT2D eigenvalue weighted by atomic mass is 10.2. The predicted molar refractivity (Wildman–Crippen MR) is 83.7 cm³/mol. The SMILES string of the molecule is COC1CNC(C(=O)Nc2cccc(N3CCCC3)c2)C1. The summed E-state index contributed by atoms with van der Waals surface area (Å²) in [4.78, 5) is 14.6. The van der Waals surface area contributed by atoms with Crippen LogP contribution in [0.2, 0.25) is 0 Å². The lowest BCUT2D eigenvalue weighted by Gasteiger charge is -2.19. The third-order valence-electron chi connectivity index (χ3n) is 4.33. The first-order chi connectivity index (χ1) is 10.3. The van der Waals surface area contributed by atoms with Gasteiger partial charge in [-0.15, -0.1) is 0 Å². The average molecular weight is 289 g/mol. The molecule has 0 radical (unpaired) electrons. The number of anilines is 2. The zero-order valence-electron chi connectivity index (χ0n) is 12.5. The number of nitrogens with one attached hydrogen (secondary N) is 2. The molecule has 2 atom stereocenters. The van der Waals surface area contributed by atoms with E-state index in [9.17, 15) is 4.79 Å². The van der Waals surface area contributed by atoms with Crippen molar-refractivity contribution >= 4 is 17.3 Å². The summed E-state index contributed by atoms with van der Waals surface area (Å²) >= 11 is 0. The minimum atomic E-state index is -0.162. The summed E-state index contributed by atoms with van der Waals surface area (Å²) in [5.74, 6) is 0.0214. The summed E-state index contributed by atoms with van der Waals surface area (Å²) in [5.41, 5.74) is 2.06. The second-order valence-electron chi connectivity index (χ2n) is 5.79. The summed E-state index contributed by atoms with van der Waals surface area (Å²) < 4.78 is 5.28. The zero-order valence-corrected chi connectivity index (χ0v) is 12.5. The Kier molecular flexibility index (Phi) is 4.41. The van der Waals surface area contributed by atoms with Gasteiger partial charge in [-0.25, -0.2) is 0 Å². The Morgan fingerprint density at radius 1 is 1.38 bits per heavy atom. The molecule has 2 saturated heterocycles. The van der Waals surface area contributed by atoms with E-state index in [1.165, 1.54) is 18.5 Å². The Bertz CT molecular complexity index is 500. The summed E-state index contributed by atoms with van der Waals surface area (Å²) in [6, 6.07) is 7.95. The third-order valence-corrected chi connectivity index (χ3v) is 4.33. The first-order valence-electron chi connectivity index (χ1n) is 7.68. The molecule has 0 saturated carbocycles. The van der Waals surface area contributed by atoms with Crippen LogP contribution in [0.25, 0.3) is 0 Å². The van der Waals surface area contributed by atoms with Crippen LogP contribution in [0.3, 0.4) is 0 Å². The molecule has 0 aliphatic carbocycles. The van der Waals surface area contributed by atoms with E-state index in [-0.39, 0.29) is 18.1 Å². The van der Waals surface area contributed by atoms with E-state index in [1.807, 2.05) is 12.1 Å². The first-order valence-corrected chi connectivity index (χ1v) is 7.68. The molecule has 3 rings (SSSR count). The second-order valence-corrected chi connectivity index (χ2v) is 5.79. The highest BCUT2D eigenvalue weighted by molar-refractivity contribution is 5.95. The van der Waals surface area contributed by atoms with Gasteiger partial charge in [0, 0.05) is 38.1 Å². The highest BCUT2D eigenvalue weighted by atomic mass is 16.5. The Morgan fingerprint density at radius 3 is 2.90 bits per heavy atom. The molecule has 2 N–H and O–H groups in total. The molecule has 0 spiro atoms. The molecule has 1 aromatic rings. The quantitative estimate of drug-likeness (QED) is 0.884. The zero-order chi connectivity index (χ0) is 14.7. The molecule has 2 aliphatic heterocycles. The van der Waals surface area contributed by atoms with E-state index < -0.39 is 0 Å². The summed E-state index contributed by atoms with van der Waals surface area (Å²) in [7, 11) is 1.69. The van der Waals surface area contributed by atoms with Crippen LogP contribution in [0.4, 0.5) is 11.4 Å². The van der Waals surface area contributed by atoms with Gasteiger partial charge in [-0.05, 0) is 37.5 Å². The van der Waals surface area contributed by atoms with E-state index >= 15 is 0 Å². The maximum absolute atomic E-state index is 12.3. The molecular formula is C16H23N3O2. The monoisotopic (exact) mass is 289 g/mol. The van der Waals surface area contributed by atoms with Crippen molar-refractivity contribution in [1.29, 1.82) is 0 Å². The highest BCUT2D eigenvalue weighted by Gasteiger charge is 2.29. The Labute approximate surface area is 125 Å². The maximum Gasteiger partial charge on any atom is 0.241 e. The molecule has 2 fully saturated rings. The molecule has 1 aromatic carbocycles. The predicted octanol–water partition coefficient (Wildman–Crippen LogP) is 1.60. The number of amides is 1. The normalized spacial score (nSPS) is 25.3. The number of nitrogens with zero attached hydrogens (tertiary/aromatic N) is 1. The minimum absolute atomic E-state index is 0.0214. The van der Waals surface area contributed by atoms with Gasteiger partial charge < -0.3 is 20.3 Å². The number of hydrogen-bond donors (Lipinski definition) is 2. The standard InChI is InChI=1S/C16H23N3O2/c1-21-14-10-15(17-11-14)16(20)18-12-5-4-6-13(9-12)19-7-2-3-8-19/h4-6,9,14-15,17H,2-3,7-8,10-11H2,1H3,(H,18,20). The van der Waals surface area contributed by atoms with Gasteiger partial charge in [0.25, 0.3) is 0 Å². The fourth-order valence-electron chi connectivity index (χ4n) is 3.07.